The van der Waals surface area contributed by atoms with Crippen LogP contribution in [0.25, 0.3) is 0 Å². The van der Waals surface area contributed by atoms with Gasteiger partial charge in [-0.15, -0.1) is 17.0 Å². The van der Waals surface area contributed by atoms with Gasteiger partial charge in [0, 0.05) is 45.5 Å². The Labute approximate surface area is 185 Å². The summed E-state index contributed by atoms with van der Waals surface area (Å²) in [6, 6.07) is 10.0. The molecule has 28 heavy (non-hydrogen) atoms. The van der Waals surface area contributed by atoms with Crippen molar-refractivity contribution < 1.29 is 9.15 Å². The van der Waals surface area contributed by atoms with Crippen molar-refractivity contribution in [1.82, 2.24) is 15.2 Å². The highest BCUT2D eigenvalue weighted by Crippen LogP contribution is 2.16. The SMILES string of the molecule is Br.COCC(C)NC(=NCc1ccc(Br)o1)N1CCN(c2ccccn2)CC1. The van der Waals surface area contributed by atoms with E-state index in [0.717, 1.165) is 48.4 Å². The monoisotopic (exact) mass is 515 g/mol. The topological polar surface area (TPSA) is 66.1 Å². The van der Waals surface area contributed by atoms with Crippen molar-refractivity contribution in [2.24, 2.45) is 4.99 Å². The van der Waals surface area contributed by atoms with Crippen LogP contribution in [0.2, 0.25) is 0 Å². The van der Waals surface area contributed by atoms with E-state index in [1.54, 1.807) is 7.11 Å². The van der Waals surface area contributed by atoms with Crippen LogP contribution in [0.15, 0.2) is 50.6 Å². The zero-order valence-corrected chi connectivity index (χ0v) is 19.5. The van der Waals surface area contributed by atoms with Gasteiger partial charge in [0.25, 0.3) is 0 Å². The third kappa shape index (κ3) is 6.49. The van der Waals surface area contributed by atoms with E-state index in [4.69, 9.17) is 14.1 Å². The molecule has 0 radical (unpaired) electrons. The lowest BCUT2D eigenvalue weighted by atomic mass is 10.3. The fraction of sp³-hybridized carbons (Fsp3) is 0.474. The normalized spacial score (nSPS) is 15.9. The number of ether oxygens (including phenoxy) is 1. The Morgan fingerprint density at radius 3 is 2.68 bits per heavy atom. The molecule has 0 aliphatic carbocycles. The van der Waals surface area contributed by atoms with Crippen LogP contribution in [-0.4, -0.2) is 61.8 Å². The number of guanidine groups is 1. The minimum absolute atomic E-state index is 0. The van der Waals surface area contributed by atoms with Crippen molar-refractivity contribution in [2.45, 2.75) is 19.5 Å². The molecule has 0 spiro atoms. The van der Waals surface area contributed by atoms with Crippen LogP contribution >= 0.6 is 32.9 Å². The first-order chi connectivity index (χ1) is 13.2. The van der Waals surface area contributed by atoms with E-state index in [1.807, 2.05) is 30.5 Å². The molecule has 1 N–H and O–H groups in total. The molecule has 1 saturated heterocycles. The van der Waals surface area contributed by atoms with Crippen molar-refractivity contribution in [3.05, 3.63) is 47.0 Å². The molecule has 2 aromatic heterocycles. The summed E-state index contributed by atoms with van der Waals surface area (Å²) < 4.78 is 11.5. The van der Waals surface area contributed by atoms with Gasteiger partial charge in [0.1, 0.15) is 18.1 Å². The molecule has 7 nitrogen and oxygen atoms in total. The fourth-order valence-corrected chi connectivity index (χ4v) is 3.37. The Kier molecular flexibility index (Phi) is 9.27. The van der Waals surface area contributed by atoms with Gasteiger partial charge in [-0.05, 0) is 47.1 Å². The summed E-state index contributed by atoms with van der Waals surface area (Å²) in [7, 11) is 1.71. The smallest absolute Gasteiger partial charge is 0.194 e. The molecule has 1 fully saturated rings. The molecule has 0 saturated carbocycles. The van der Waals surface area contributed by atoms with Crippen molar-refractivity contribution >= 4 is 44.7 Å². The average molecular weight is 517 g/mol. The van der Waals surface area contributed by atoms with E-state index in [2.05, 4.69) is 49.0 Å². The van der Waals surface area contributed by atoms with E-state index in [0.29, 0.717) is 13.2 Å². The maximum atomic E-state index is 5.57. The summed E-state index contributed by atoms with van der Waals surface area (Å²) in [5.74, 6) is 2.73. The molecular formula is C19H27Br2N5O2. The van der Waals surface area contributed by atoms with Crippen molar-refractivity contribution in [1.29, 1.82) is 0 Å². The number of pyridine rings is 1. The van der Waals surface area contributed by atoms with Gasteiger partial charge in [-0.3, -0.25) is 0 Å². The Morgan fingerprint density at radius 2 is 2.07 bits per heavy atom. The molecule has 1 aliphatic rings. The second kappa shape index (κ2) is 11.4. The maximum absolute atomic E-state index is 5.57. The van der Waals surface area contributed by atoms with E-state index < -0.39 is 0 Å². The number of hydrogen-bond acceptors (Lipinski definition) is 5. The van der Waals surface area contributed by atoms with Crippen LogP contribution in [0.5, 0.6) is 0 Å². The quantitative estimate of drug-likeness (QED) is 0.469. The lowest BCUT2D eigenvalue weighted by Gasteiger charge is -2.37. The number of methoxy groups -OCH3 is 1. The highest BCUT2D eigenvalue weighted by atomic mass is 79.9. The van der Waals surface area contributed by atoms with Gasteiger partial charge < -0.3 is 24.3 Å². The first-order valence-electron chi connectivity index (χ1n) is 9.11. The van der Waals surface area contributed by atoms with Crippen LogP contribution in [0.1, 0.15) is 12.7 Å². The number of aromatic nitrogens is 1. The number of nitrogens with zero attached hydrogens (tertiary/aromatic N) is 4. The first-order valence-corrected chi connectivity index (χ1v) is 9.90. The minimum atomic E-state index is 0. The fourth-order valence-electron chi connectivity index (χ4n) is 3.03. The Balaban J connectivity index is 0.00000280. The third-order valence-electron chi connectivity index (χ3n) is 4.36. The molecule has 3 heterocycles. The summed E-state index contributed by atoms with van der Waals surface area (Å²) in [6.07, 6.45) is 1.84. The number of rotatable bonds is 6. The predicted molar refractivity (Wildman–Crippen MR) is 120 cm³/mol. The molecule has 154 valence electrons. The molecule has 0 amide bonds. The van der Waals surface area contributed by atoms with Crippen molar-refractivity contribution in [3.63, 3.8) is 0 Å². The first kappa shape index (κ1) is 22.7. The number of halogens is 2. The van der Waals surface area contributed by atoms with Gasteiger partial charge in [-0.1, -0.05) is 6.07 Å². The lowest BCUT2D eigenvalue weighted by Crippen LogP contribution is -2.54. The van der Waals surface area contributed by atoms with Crippen LogP contribution in [0.4, 0.5) is 5.82 Å². The summed E-state index contributed by atoms with van der Waals surface area (Å²) in [6.45, 7) is 6.78. The molecule has 1 unspecified atom stereocenters. The predicted octanol–water partition coefficient (Wildman–Crippen LogP) is 3.32. The van der Waals surface area contributed by atoms with Crippen LogP contribution in [-0.2, 0) is 11.3 Å². The third-order valence-corrected chi connectivity index (χ3v) is 4.78. The number of piperazine rings is 1. The number of aliphatic imine (C=N–C) groups is 1. The van der Waals surface area contributed by atoms with Gasteiger partial charge in [-0.2, -0.15) is 0 Å². The second-order valence-electron chi connectivity index (χ2n) is 6.51. The Bertz CT molecular complexity index is 733. The number of hydrogen-bond donors (Lipinski definition) is 1. The summed E-state index contributed by atoms with van der Waals surface area (Å²) >= 11 is 3.34. The zero-order chi connectivity index (χ0) is 19.1. The lowest BCUT2D eigenvalue weighted by molar-refractivity contribution is 0.177. The standard InChI is InChI=1S/C19H26BrN5O2.BrH/c1-15(14-26-2)23-19(22-13-16-6-7-17(20)27-16)25-11-9-24(10-12-25)18-5-3-4-8-21-18;/h3-8,15H,9-14H2,1-2H3,(H,22,23);1H. The van der Waals surface area contributed by atoms with E-state index in [1.165, 1.54) is 0 Å². The molecule has 2 aromatic rings. The minimum Gasteiger partial charge on any atom is -0.452 e. The van der Waals surface area contributed by atoms with Gasteiger partial charge in [0.15, 0.2) is 10.6 Å². The largest absolute Gasteiger partial charge is 0.452 e. The zero-order valence-electron chi connectivity index (χ0n) is 16.2. The Hall–Kier alpha value is -1.58. The Morgan fingerprint density at radius 1 is 1.29 bits per heavy atom. The van der Waals surface area contributed by atoms with Gasteiger partial charge in [0.2, 0.25) is 0 Å². The maximum Gasteiger partial charge on any atom is 0.194 e. The van der Waals surface area contributed by atoms with E-state index in [-0.39, 0.29) is 23.0 Å². The highest BCUT2D eigenvalue weighted by molar-refractivity contribution is 9.10. The molecular weight excluding hydrogens is 490 g/mol. The average Bonchev–Trinajstić information content (AvgIpc) is 3.11. The van der Waals surface area contributed by atoms with E-state index >= 15 is 0 Å². The molecule has 9 heteroatoms. The summed E-state index contributed by atoms with van der Waals surface area (Å²) in [5, 5.41) is 3.48. The molecule has 0 bridgehead atoms. The highest BCUT2D eigenvalue weighted by Gasteiger charge is 2.21. The molecule has 3 rings (SSSR count). The number of nitrogens with one attached hydrogen (secondary N) is 1. The number of furan rings is 1. The van der Waals surface area contributed by atoms with Gasteiger partial charge in [0.05, 0.1) is 6.61 Å². The van der Waals surface area contributed by atoms with Gasteiger partial charge >= 0.3 is 0 Å². The molecule has 1 atom stereocenters. The van der Waals surface area contributed by atoms with Crippen LogP contribution < -0.4 is 10.2 Å². The summed E-state index contributed by atoms with van der Waals surface area (Å²) in [4.78, 5) is 13.8. The van der Waals surface area contributed by atoms with Crippen molar-refractivity contribution in [3.8, 4) is 0 Å². The summed E-state index contributed by atoms with van der Waals surface area (Å²) in [5.41, 5.74) is 0. The molecule has 0 aromatic carbocycles. The van der Waals surface area contributed by atoms with Crippen LogP contribution in [0.3, 0.4) is 0 Å². The van der Waals surface area contributed by atoms with Crippen LogP contribution in [0, 0.1) is 0 Å². The molecule has 1 aliphatic heterocycles. The number of anilines is 1. The van der Waals surface area contributed by atoms with Gasteiger partial charge in [-0.25, -0.2) is 9.98 Å². The van der Waals surface area contributed by atoms with E-state index in [9.17, 15) is 0 Å². The van der Waals surface area contributed by atoms with Crippen molar-refractivity contribution in [2.75, 3.05) is 44.8 Å². The second-order valence-corrected chi connectivity index (χ2v) is 7.29.